The smallest absolute Gasteiger partial charge is 0.227 e. The molecule has 0 aromatic heterocycles. The van der Waals surface area contributed by atoms with E-state index in [-0.39, 0.29) is 23.8 Å². The zero-order chi connectivity index (χ0) is 16.2. The zero-order valence-corrected chi connectivity index (χ0v) is 13.8. The van der Waals surface area contributed by atoms with Gasteiger partial charge in [0.05, 0.1) is 12.0 Å². The quantitative estimate of drug-likeness (QED) is 0.929. The van der Waals surface area contributed by atoms with Crippen molar-refractivity contribution in [3.8, 4) is 0 Å². The predicted octanol–water partition coefficient (Wildman–Crippen LogP) is 2.90. The summed E-state index contributed by atoms with van der Waals surface area (Å²) in [7, 11) is 0. The Hall–Kier alpha value is -1.84. The fraction of sp³-hybridized carbons (Fsp3) is 0.579. The van der Waals surface area contributed by atoms with Gasteiger partial charge in [0.2, 0.25) is 11.8 Å². The molecule has 0 unspecified atom stereocenters. The second-order valence-electron chi connectivity index (χ2n) is 6.92. The minimum atomic E-state index is -0.0475. The Morgan fingerprint density at radius 3 is 2.35 bits per heavy atom. The normalized spacial score (nSPS) is 20.7. The first-order chi connectivity index (χ1) is 11.1. The van der Waals surface area contributed by atoms with Gasteiger partial charge < -0.3 is 10.2 Å². The van der Waals surface area contributed by atoms with E-state index in [1.54, 1.807) is 11.8 Å². The van der Waals surface area contributed by atoms with Gasteiger partial charge in [-0.1, -0.05) is 49.6 Å². The molecular weight excluding hydrogens is 288 g/mol. The van der Waals surface area contributed by atoms with Gasteiger partial charge in [-0.15, -0.1) is 0 Å². The number of amides is 2. The third-order valence-corrected chi connectivity index (χ3v) is 5.28. The van der Waals surface area contributed by atoms with Crippen LogP contribution < -0.4 is 5.32 Å². The average molecular weight is 314 g/mol. The zero-order valence-electron chi connectivity index (χ0n) is 13.8. The molecule has 4 heteroatoms. The van der Waals surface area contributed by atoms with Crippen molar-refractivity contribution in [1.29, 1.82) is 0 Å². The van der Waals surface area contributed by atoms with E-state index in [4.69, 9.17) is 0 Å². The molecule has 1 saturated carbocycles. The number of likely N-dealkylation sites (tertiary alicyclic amines) is 1. The standard InChI is InChI=1S/C19H26N2O2/c1-14(22)21-12-17(13-21)19(23)20-18(15-8-4-2-5-9-15)16-10-6-3-7-11-16/h2,4-5,8-9,16-18H,3,6-7,10-13H2,1H3,(H,20,23)/t18-/m1/s1. The molecule has 3 rings (SSSR count). The van der Waals surface area contributed by atoms with Crippen molar-refractivity contribution < 1.29 is 9.59 Å². The number of hydrogen-bond acceptors (Lipinski definition) is 2. The summed E-state index contributed by atoms with van der Waals surface area (Å²) in [6, 6.07) is 10.4. The molecule has 0 spiro atoms. The van der Waals surface area contributed by atoms with Crippen LogP contribution in [0, 0.1) is 11.8 Å². The number of nitrogens with one attached hydrogen (secondary N) is 1. The summed E-state index contributed by atoms with van der Waals surface area (Å²) in [5.41, 5.74) is 1.20. The number of rotatable bonds is 4. The number of carbonyl (C=O) groups is 2. The SMILES string of the molecule is CC(=O)N1CC(C(=O)N[C@H](c2ccccc2)C2CCCCC2)C1. The summed E-state index contributed by atoms with van der Waals surface area (Å²) in [6.07, 6.45) is 6.19. The van der Waals surface area contributed by atoms with Crippen LogP contribution in [0.4, 0.5) is 0 Å². The van der Waals surface area contributed by atoms with E-state index in [2.05, 4.69) is 17.4 Å². The van der Waals surface area contributed by atoms with Gasteiger partial charge in [0.25, 0.3) is 0 Å². The van der Waals surface area contributed by atoms with Gasteiger partial charge in [0, 0.05) is 20.0 Å². The molecule has 1 heterocycles. The molecule has 1 saturated heterocycles. The van der Waals surface area contributed by atoms with E-state index in [0.717, 1.165) is 0 Å². The summed E-state index contributed by atoms with van der Waals surface area (Å²) in [5.74, 6) is 0.635. The minimum absolute atomic E-state index is 0.0475. The molecule has 1 aliphatic carbocycles. The van der Waals surface area contributed by atoms with Crippen molar-refractivity contribution in [3.63, 3.8) is 0 Å². The largest absolute Gasteiger partial charge is 0.349 e. The van der Waals surface area contributed by atoms with Crippen LogP contribution in [0.25, 0.3) is 0 Å². The van der Waals surface area contributed by atoms with Crippen molar-refractivity contribution in [2.24, 2.45) is 11.8 Å². The Morgan fingerprint density at radius 1 is 1.09 bits per heavy atom. The van der Waals surface area contributed by atoms with Gasteiger partial charge in [-0.05, 0) is 24.3 Å². The maximum atomic E-state index is 12.6. The van der Waals surface area contributed by atoms with Gasteiger partial charge in [-0.3, -0.25) is 9.59 Å². The lowest BCUT2D eigenvalue weighted by Gasteiger charge is -2.39. The first kappa shape index (κ1) is 16.0. The maximum Gasteiger partial charge on any atom is 0.227 e. The van der Waals surface area contributed by atoms with Crippen LogP contribution in [0.2, 0.25) is 0 Å². The number of carbonyl (C=O) groups excluding carboxylic acids is 2. The number of nitrogens with zero attached hydrogens (tertiary/aromatic N) is 1. The number of benzene rings is 1. The van der Waals surface area contributed by atoms with E-state index in [1.807, 2.05) is 18.2 Å². The molecule has 2 amide bonds. The third-order valence-electron chi connectivity index (χ3n) is 5.28. The Kier molecular flexibility index (Phi) is 4.99. The topological polar surface area (TPSA) is 49.4 Å². The van der Waals surface area contributed by atoms with Crippen LogP contribution in [0.15, 0.2) is 30.3 Å². The summed E-state index contributed by atoms with van der Waals surface area (Å²) < 4.78 is 0. The Bertz CT molecular complexity index is 546. The fourth-order valence-corrected chi connectivity index (χ4v) is 3.77. The molecule has 4 nitrogen and oxygen atoms in total. The van der Waals surface area contributed by atoms with Crippen LogP contribution in [0.5, 0.6) is 0 Å². The molecule has 0 bridgehead atoms. The Balaban J connectivity index is 1.66. The monoisotopic (exact) mass is 314 g/mol. The van der Waals surface area contributed by atoms with Gasteiger partial charge in [-0.25, -0.2) is 0 Å². The lowest BCUT2D eigenvalue weighted by Crippen LogP contribution is -2.55. The van der Waals surface area contributed by atoms with Gasteiger partial charge in [-0.2, -0.15) is 0 Å². The van der Waals surface area contributed by atoms with E-state index >= 15 is 0 Å². The molecule has 0 radical (unpaired) electrons. The van der Waals surface area contributed by atoms with Crippen LogP contribution in [-0.4, -0.2) is 29.8 Å². The van der Waals surface area contributed by atoms with Crippen LogP contribution in [0.1, 0.15) is 50.6 Å². The first-order valence-corrected chi connectivity index (χ1v) is 8.76. The van der Waals surface area contributed by atoms with E-state index in [0.29, 0.717) is 19.0 Å². The average Bonchev–Trinajstić information content (AvgIpc) is 2.52. The molecule has 1 aromatic carbocycles. The molecule has 124 valence electrons. The molecule has 23 heavy (non-hydrogen) atoms. The van der Waals surface area contributed by atoms with Crippen molar-refractivity contribution in [3.05, 3.63) is 35.9 Å². The van der Waals surface area contributed by atoms with E-state index in [1.165, 1.54) is 37.7 Å². The molecular formula is C19H26N2O2. The highest BCUT2D eigenvalue weighted by molar-refractivity contribution is 5.84. The lowest BCUT2D eigenvalue weighted by atomic mass is 9.80. The summed E-state index contributed by atoms with van der Waals surface area (Å²) in [5, 5.41) is 3.29. The van der Waals surface area contributed by atoms with Crippen molar-refractivity contribution >= 4 is 11.8 Å². The van der Waals surface area contributed by atoms with E-state index < -0.39 is 0 Å². The summed E-state index contributed by atoms with van der Waals surface area (Å²) in [4.78, 5) is 25.6. The molecule has 1 atom stereocenters. The van der Waals surface area contributed by atoms with Gasteiger partial charge in [0.15, 0.2) is 0 Å². The highest BCUT2D eigenvalue weighted by Gasteiger charge is 2.36. The van der Waals surface area contributed by atoms with Crippen molar-refractivity contribution in [2.75, 3.05) is 13.1 Å². The molecule has 2 fully saturated rings. The van der Waals surface area contributed by atoms with Gasteiger partial charge in [0.1, 0.15) is 0 Å². The molecule has 1 aromatic rings. The second-order valence-corrected chi connectivity index (χ2v) is 6.92. The second kappa shape index (κ2) is 7.16. The predicted molar refractivity (Wildman–Crippen MR) is 89.6 cm³/mol. The Morgan fingerprint density at radius 2 is 1.74 bits per heavy atom. The van der Waals surface area contributed by atoms with Crippen molar-refractivity contribution in [1.82, 2.24) is 10.2 Å². The van der Waals surface area contributed by atoms with Crippen molar-refractivity contribution in [2.45, 2.75) is 45.1 Å². The fourth-order valence-electron chi connectivity index (χ4n) is 3.77. The molecule has 1 aliphatic heterocycles. The van der Waals surface area contributed by atoms with Crippen LogP contribution in [0.3, 0.4) is 0 Å². The molecule has 1 N–H and O–H groups in total. The lowest BCUT2D eigenvalue weighted by molar-refractivity contribution is -0.141. The van der Waals surface area contributed by atoms with E-state index in [9.17, 15) is 9.59 Å². The number of hydrogen-bond donors (Lipinski definition) is 1. The van der Waals surface area contributed by atoms with Crippen LogP contribution in [-0.2, 0) is 9.59 Å². The Labute approximate surface area is 138 Å². The van der Waals surface area contributed by atoms with Crippen LogP contribution >= 0.6 is 0 Å². The summed E-state index contributed by atoms with van der Waals surface area (Å²) >= 11 is 0. The molecule has 2 aliphatic rings. The highest BCUT2D eigenvalue weighted by Crippen LogP contribution is 2.34. The maximum absolute atomic E-state index is 12.6. The summed E-state index contributed by atoms with van der Waals surface area (Å²) in [6.45, 7) is 2.68. The minimum Gasteiger partial charge on any atom is -0.349 e. The highest BCUT2D eigenvalue weighted by atomic mass is 16.2. The third kappa shape index (κ3) is 3.74. The first-order valence-electron chi connectivity index (χ1n) is 8.76. The van der Waals surface area contributed by atoms with Gasteiger partial charge >= 0.3 is 0 Å².